The molecular formula is C18H18O. The Hall–Kier alpha value is -1.89. The molecular weight excluding hydrogens is 232 g/mol. The molecule has 0 saturated carbocycles. The number of hydrogen-bond donors (Lipinski definition) is 0. The molecule has 0 N–H and O–H groups in total. The van der Waals surface area contributed by atoms with Crippen LogP contribution in [0.5, 0.6) is 0 Å². The number of rotatable bonds is 3. The second kappa shape index (κ2) is 4.65. The van der Waals surface area contributed by atoms with Crippen LogP contribution >= 0.6 is 0 Å². The maximum atomic E-state index is 12.4. The highest BCUT2D eigenvalue weighted by atomic mass is 16.1. The van der Waals surface area contributed by atoms with Crippen LogP contribution in [0.25, 0.3) is 0 Å². The van der Waals surface area contributed by atoms with Gasteiger partial charge in [0.15, 0.2) is 0 Å². The van der Waals surface area contributed by atoms with Crippen molar-refractivity contribution in [3.05, 3.63) is 70.3 Å². The van der Waals surface area contributed by atoms with Gasteiger partial charge in [0, 0.05) is 12.3 Å². The van der Waals surface area contributed by atoms with Crippen LogP contribution in [0.4, 0.5) is 0 Å². The van der Waals surface area contributed by atoms with Gasteiger partial charge in [-0.2, -0.15) is 0 Å². The Morgan fingerprint density at radius 2 is 1.89 bits per heavy atom. The summed E-state index contributed by atoms with van der Waals surface area (Å²) >= 11 is 0. The van der Waals surface area contributed by atoms with Crippen molar-refractivity contribution >= 4 is 5.78 Å². The Bertz CT molecular complexity index is 640. The molecule has 1 nitrogen and oxygen atoms in total. The van der Waals surface area contributed by atoms with E-state index in [1.807, 2.05) is 12.1 Å². The van der Waals surface area contributed by atoms with E-state index in [0.717, 1.165) is 12.0 Å². The zero-order chi connectivity index (χ0) is 13.4. The van der Waals surface area contributed by atoms with Gasteiger partial charge >= 0.3 is 0 Å². The molecule has 0 fully saturated rings. The Kier molecular flexibility index (Phi) is 2.98. The smallest absolute Gasteiger partial charge is 0.145 e. The second-order valence-corrected chi connectivity index (χ2v) is 5.52. The molecule has 1 aliphatic rings. The maximum absolute atomic E-state index is 12.4. The van der Waals surface area contributed by atoms with Crippen molar-refractivity contribution < 1.29 is 4.79 Å². The maximum Gasteiger partial charge on any atom is 0.145 e. The Morgan fingerprint density at radius 1 is 1.11 bits per heavy atom. The largest absolute Gasteiger partial charge is 0.299 e. The summed E-state index contributed by atoms with van der Waals surface area (Å²) in [5.41, 5.74) is 6.25. The molecule has 96 valence electrons. The van der Waals surface area contributed by atoms with Gasteiger partial charge in [0.25, 0.3) is 0 Å². The summed E-state index contributed by atoms with van der Waals surface area (Å²) in [5, 5.41) is 0. The van der Waals surface area contributed by atoms with Crippen molar-refractivity contribution in [3.8, 4) is 0 Å². The third kappa shape index (κ3) is 2.21. The van der Waals surface area contributed by atoms with Gasteiger partial charge in [0.1, 0.15) is 5.78 Å². The number of carbonyl (C=O) groups excluding carboxylic acids is 1. The summed E-state index contributed by atoms with van der Waals surface area (Å²) in [5.74, 6) is 0.472. The molecule has 2 aromatic rings. The van der Waals surface area contributed by atoms with Gasteiger partial charge in [-0.3, -0.25) is 4.79 Å². The van der Waals surface area contributed by atoms with E-state index in [4.69, 9.17) is 0 Å². The molecule has 0 radical (unpaired) electrons. The van der Waals surface area contributed by atoms with E-state index >= 15 is 0 Å². The SMILES string of the molecule is Cc1ccc(CC(=O)C2Cc3ccccc32)cc1C. The van der Waals surface area contributed by atoms with Gasteiger partial charge < -0.3 is 0 Å². The lowest BCUT2D eigenvalue weighted by atomic mass is 9.74. The number of Topliss-reactive ketones (excluding diaryl/α,β-unsaturated/α-hetero) is 1. The van der Waals surface area contributed by atoms with Crippen LogP contribution in [0, 0.1) is 13.8 Å². The van der Waals surface area contributed by atoms with E-state index in [2.05, 4.69) is 44.2 Å². The molecule has 0 amide bonds. The zero-order valence-electron chi connectivity index (χ0n) is 11.4. The lowest BCUT2D eigenvalue weighted by molar-refractivity contribution is -0.120. The molecule has 2 aromatic carbocycles. The third-order valence-electron chi connectivity index (χ3n) is 4.19. The molecule has 0 aromatic heterocycles. The molecule has 3 rings (SSSR count). The summed E-state index contributed by atoms with van der Waals surface area (Å²) < 4.78 is 0. The topological polar surface area (TPSA) is 17.1 Å². The fourth-order valence-corrected chi connectivity index (χ4v) is 2.78. The van der Waals surface area contributed by atoms with Gasteiger partial charge in [0.05, 0.1) is 0 Å². The van der Waals surface area contributed by atoms with Crippen LogP contribution in [0.15, 0.2) is 42.5 Å². The van der Waals surface area contributed by atoms with Gasteiger partial charge in [-0.15, -0.1) is 0 Å². The van der Waals surface area contributed by atoms with Gasteiger partial charge in [-0.25, -0.2) is 0 Å². The average molecular weight is 250 g/mol. The number of hydrogen-bond acceptors (Lipinski definition) is 1. The number of fused-ring (bicyclic) bond motifs is 1. The molecule has 0 spiro atoms. The van der Waals surface area contributed by atoms with E-state index in [1.54, 1.807) is 0 Å². The van der Waals surface area contributed by atoms with E-state index in [1.165, 1.54) is 22.3 Å². The Morgan fingerprint density at radius 3 is 2.63 bits per heavy atom. The molecule has 1 aliphatic carbocycles. The summed E-state index contributed by atoms with van der Waals surface area (Å²) in [6.07, 6.45) is 1.47. The molecule has 1 atom stereocenters. The number of carbonyl (C=O) groups is 1. The van der Waals surface area contributed by atoms with Gasteiger partial charge in [0.2, 0.25) is 0 Å². The Labute approximate surface area is 114 Å². The highest BCUT2D eigenvalue weighted by Gasteiger charge is 2.31. The number of benzene rings is 2. The molecule has 0 saturated heterocycles. The Balaban J connectivity index is 1.75. The monoisotopic (exact) mass is 250 g/mol. The average Bonchev–Trinajstić information content (AvgIpc) is 2.35. The van der Waals surface area contributed by atoms with Crippen LogP contribution in [0.3, 0.4) is 0 Å². The predicted molar refractivity (Wildman–Crippen MR) is 77.5 cm³/mol. The second-order valence-electron chi connectivity index (χ2n) is 5.52. The highest BCUT2D eigenvalue weighted by Crippen LogP contribution is 2.36. The predicted octanol–water partition coefficient (Wildman–Crippen LogP) is 3.75. The fraction of sp³-hybridized carbons (Fsp3) is 0.278. The lowest BCUT2D eigenvalue weighted by Gasteiger charge is -2.28. The number of aryl methyl sites for hydroxylation is 2. The first kappa shape index (κ1) is 12.2. The van der Waals surface area contributed by atoms with E-state index in [9.17, 15) is 4.79 Å². The van der Waals surface area contributed by atoms with Crippen LogP contribution in [0.1, 0.15) is 33.7 Å². The van der Waals surface area contributed by atoms with Crippen LogP contribution in [-0.2, 0) is 17.6 Å². The van der Waals surface area contributed by atoms with Crippen molar-refractivity contribution in [1.82, 2.24) is 0 Å². The first-order valence-corrected chi connectivity index (χ1v) is 6.82. The molecule has 1 unspecified atom stereocenters. The molecule has 0 heterocycles. The van der Waals surface area contributed by atoms with Gasteiger partial charge in [-0.1, -0.05) is 42.5 Å². The first-order chi connectivity index (χ1) is 9.15. The molecule has 19 heavy (non-hydrogen) atoms. The van der Waals surface area contributed by atoms with E-state index < -0.39 is 0 Å². The van der Waals surface area contributed by atoms with Crippen molar-refractivity contribution in [1.29, 1.82) is 0 Å². The molecule has 1 heteroatoms. The minimum Gasteiger partial charge on any atom is -0.299 e. The highest BCUT2D eigenvalue weighted by molar-refractivity contribution is 5.90. The van der Waals surface area contributed by atoms with Crippen molar-refractivity contribution in [2.24, 2.45) is 0 Å². The minimum atomic E-state index is 0.123. The standard InChI is InChI=1S/C18H18O/c1-12-7-8-14(9-13(12)2)10-18(19)17-11-15-5-3-4-6-16(15)17/h3-9,17H,10-11H2,1-2H3. The summed E-state index contributed by atoms with van der Waals surface area (Å²) in [7, 11) is 0. The normalized spacial score (nSPS) is 16.6. The van der Waals surface area contributed by atoms with Crippen LogP contribution in [-0.4, -0.2) is 5.78 Å². The van der Waals surface area contributed by atoms with Crippen LogP contribution in [0.2, 0.25) is 0 Å². The van der Waals surface area contributed by atoms with E-state index in [0.29, 0.717) is 12.2 Å². The first-order valence-electron chi connectivity index (χ1n) is 6.82. The molecule has 0 bridgehead atoms. The fourth-order valence-electron chi connectivity index (χ4n) is 2.78. The van der Waals surface area contributed by atoms with Crippen LogP contribution < -0.4 is 0 Å². The quantitative estimate of drug-likeness (QED) is 0.810. The summed E-state index contributed by atoms with van der Waals surface area (Å²) in [4.78, 5) is 12.4. The minimum absolute atomic E-state index is 0.123. The summed E-state index contributed by atoms with van der Waals surface area (Å²) in [6.45, 7) is 4.20. The van der Waals surface area contributed by atoms with Crippen molar-refractivity contribution in [2.45, 2.75) is 32.6 Å². The van der Waals surface area contributed by atoms with E-state index in [-0.39, 0.29) is 5.92 Å². The lowest BCUT2D eigenvalue weighted by Crippen LogP contribution is -2.26. The van der Waals surface area contributed by atoms with Crippen molar-refractivity contribution in [2.75, 3.05) is 0 Å². The summed E-state index contributed by atoms with van der Waals surface area (Å²) in [6, 6.07) is 14.6. The zero-order valence-corrected chi connectivity index (χ0v) is 11.4. The third-order valence-corrected chi connectivity index (χ3v) is 4.19. The van der Waals surface area contributed by atoms with Gasteiger partial charge in [-0.05, 0) is 48.1 Å². The number of ketones is 1. The van der Waals surface area contributed by atoms with Crippen molar-refractivity contribution in [3.63, 3.8) is 0 Å². The molecule has 0 aliphatic heterocycles.